The molecule has 3 rings (SSSR count). The van der Waals surface area contributed by atoms with Crippen LogP contribution < -0.4 is 4.90 Å². The molecule has 0 saturated heterocycles. The maximum atomic E-state index is 14.5. The van der Waals surface area contributed by atoms with Crippen LogP contribution in [0.25, 0.3) is 22.0 Å². The van der Waals surface area contributed by atoms with Crippen LogP contribution in [0.1, 0.15) is 32.4 Å². The Morgan fingerprint density at radius 2 is 1.62 bits per heavy atom. The summed E-state index contributed by atoms with van der Waals surface area (Å²) in [5, 5.41) is 11.7. The quantitative estimate of drug-likeness (QED) is 0.620. The van der Waals surface area contributed by atoms with Crippen LogP contribution in [0.4, 0.5) is 10.1 Å². The highest BCUT2D eigenvalue weighted by atomic mass is 19.1. The van der Waals surface area contributed by atoms with Gasteiger partial charge in [0.25, 0.3) is 0 Å². The van der Waals surface area contributed by atoms with Gasteiger partial charge in [0.2, 0.25) is 0 Å². The van der Waals surface area contributed by atoms with Gasteiger partial charge in [-0.1, -0.05) is 44.2 Å². The minimum absolute atomic E-state index is 0.327. The number of hydrogen-bond donors (Lipinski definition) is 1. The number of halogens is 1. The van der Waals surface area contributed by atoms with Crippen molar-refractivity contribution in [2.75, 3.05) is 18.0 Å². The van der Waals surface area contributed by atoms with Gasteiger partial charge in [-0.15, -0.1) is 0 Å². The molecule has 0 amide bonds. The van der Waals surface area contributed by atoms with Crippen LogP contribution in [0.3, 0.4) is 0 Å². The summed E-state index contributed by atoms with van der Waals surface area (Å²) in [5.41, 5.74) is 2.90. The number of pyridine rings is 1. The van der Waals surface area contributed by atoms with Crippen molar-refractivity contribution in [1.82, 2.24) is 4.98 Å². The van der Waals surface area contributed by atoms with Crippen molar-refractivity contribution >= 4 is 16.5 Å². The Morgan fingerprint density at radius 3 is 2.27 bits per heavy atom. The Kier molecular flexibility index (Phi) is 5.40. The number of phenolic OH excluding ortho intramolecular Hbond substituents is 1. The maximum Gasteiger partial charge on any atom is 0.174 e. The summed E-state index contributed by atoms with van der Waals surface area (Å²) in [6.45, 7) is 8.23. The Balaban J connectivity index is 2.29. The van der Waals surface area contributed by atoms with E-state index in [2.05, 4.69) is 24.8 Å². The zero-order valence-corrected chi connectivity index (χ0v) is 15.6. The van der Waals surface area contributed by atoms with Crippen LogP contribution in [0.15, 0.2) is 42.5 Å². The van der Waals surface area contributed by atoms with Crippen molar-refractivity contribution in [2.24, 2.45) is 0 Å². The molecule has 136 valence electrons. The Bertz CT molecular complexity index is 917. The number of hydrogen-bond acceptors (Lipinski definition) is 3. The van der Waals surface area contributed by atoms with E-state index in [1.807, 2.05) is 25.1 Å². The molecule has 0 spiro atoms. The minimum Gasteiger partial charge on any atom is -0.505 e. The van der Waals surface area contributed by atoms with Crippen LogP contribution >= 0.6 is 0 Å². The number of phenols is 1. The number of aromatic hydroxyl groups is 1. The first-order valence-corrected chi connectivity index (χ1v) is 9.20. The van der Waals surface area contributed by atoms with Crippen LogP contribution in [0, 0.1) is 12.7 Å². The lowest BCUT2D eigenvalue weighted by atomic mass is 10.00. The number of fused-ring (bicyclic) bond motifs is 1. The van der Waals surface area contributed by atoms with Crippen molar-refractivity contribution in [1.29, 1.82) is 0 Å². The van der Waals surface area contributed by atoms with Crippen molar-refractivity contribution in [3.05, 3.63) is 54.0 Å². The van der Waals surface area contributed by atoms with E-state index in [4.69, 9.17) is 4.98 Å². The number of aryl methyl sites for hydroxylation is 1. The number of aromatic nitrogens is 1. The molecular weight excluding hydrogens is 327 g/mol. The lowest BCUT2D eigenvalue weighted by molar-refractivity contribution is 0.433. The largest absolute Gasteiger partial charge is 0.505 e. The highest BCUT2D eigenvalue weighted by Crippen LogP contribution is 2.37. The molecule has 4 heteroatoms. The van der Waals surface area contributed by atoms with Crippen molar-refractivity contribution in [3.8, 4) is 17.0 Å². The molecule has 0 aliphatic heterocycles. The first-order chi connectivity index (χ1) is 12.6. The molecule has 0 saturated carbocycles. The van der Waals surface area contributed by atoms with E-state index in [0.29, 0.717) is 11.3 Å². The average Bonchev–Trinajstić information content (AvgIpc) is 2.63. The van der Waals surface area contributed by atoms with Gasteiger partial charge in [-0.3, -0.25) is 4.98 Å². The third kappa shape index (κ3) is 3.24. The van der Waals surface area contributed by atoms with Gasteiger partial charge in [-0.05, 0) is 31.9 Å². The number of nitrogens with zero attached hydrogens (tertiary/aromatic N) is 2. The highest BCUT2D eigenvalue weighted by Gasteiger charge is 2.19. The second-order valence-electron chi connectivity index (χ2n) is 6.57. The first-order valence-electron chi connectivity index (χ1n) is 9.20. The van der Waals surface area contributed by atoms with E-state index < -0.39 is 5.82 Å². The lowest BCUT2D eigenvalue weighted by Crippen LogP contribution is -2.26. The van der Waals surface area contributed by atoms with Crippen molar-refractivity contribution in [3.63, 3.8) is 0 Å². The standard InChI is InChI=1S/C22H25FN2O/c1-4-13-25(14-5-2)22-15(3)24-21(16-9-6-7-10-17(16)22)18-11-8-12-19(26)20(18)23/h6-12,26H,4-5,13-14H2,1-3H3. The summed E-state index contributed by atoms with van der Waals surface area (Å²) < 4.78 is 14.5. The molecule has 0 atom stereocenters. The fraction of sp³-hybridized carbons (Fsp3) is 0.318. The van der Waals surface area contributed by atoms with E-state index >= 15 is 0 Å². The van der Waals surface area contributed by atoms with E-state index in [-0.39, 0.29) is 5.75 Å². The monoisotopic (exact) mass is 352 g/mol. The average molecular weight is 352 g/mol. The molecule has 1 heterocycles. The van der Waals surface area contributed by atoms with E-state index in [0.717, 1.165) is 48.1 Å². The van der Waals surface area contributed by atoms with Crippen LogP contribution in [0.5, 0.6) is 5.75 Å². The fourth-order valence-electron chi connectivity index (χ4n) is 3.55. The third-order valence-corrected chi connectivity index (χ3v) is 4.60. The Morgan fingerprint density at radius 1 is 0.962 bits per heavy atom. The molecule has 0 aliphatic rings. The van der Waals surface area contributed by atoms with Crippen LogP contribution in [-0.2, 0) is 0 Å². The van der Waals surface area contributed by atoms with E-state index in [9.17, 15) is 9.50 Å². The predicted octanol–water partition coefficient (Wildman–Crippen LogP) is 5.68. The first kappa shape index (κ1) is 18.2. The number of rotatable bonds is 6. The lowest BCUT2D eigenvalue weighted by Gasteiger charge is -2.27. The summed E-state index contributed by atoms with van der Waals surface area (Å²) in [4.78, 5) is 7.13. The van der Waals surface area contributed by atoms with Gasteiger partial charge < -0.3 is 10.0 Å². The summed E-state index contributed by atoms with van der Waals surface area (Å²) in [5.74, 6) is -0.982. The van der Waals surface area contributed by atoms with E-state index in [1.165, 1.54) is 6.07 Å². The molecule has 0 fully saturated rings. The molecule has 3 aromatic rings. The topological polar surface area (TPSA) is 36.4 Å². The van der Waals surface area contributed by atoms with Gasteiger partial charge in [0.1, 0.15) is 0 Å². The van der Waals surface area contributed by atoms with Crippen LogP contribution in [0.2, 0.25) is 0 Å². The highest BCUT2D eigenvalue weighted by molar-refractivity contribution is 6.03. The molecule has 2 aromatic carbocycles. The predicted molar refractivity (Wildman–Crippen MR) is 106 cm³/mol. The molecule has 0 unspecified atom stereocenters. The number of anilines is 1. The number of benzene rings is 2. The molecule has 0 aliphatic carbocycles. The van der Waals surface area contributed by atoms with Gasteiger partial charge >= 0.3 is 0 Å². The van der Waals surface area contributed by atoms with Crippen molar-refractivity contribution < 1.29 is 9.50 Å². The second kappa shape index (κ2) is 7.73. The zero-order valence-electron chi connectivity index (χ0n) is 15.6. The SMILES string of the molecule is CCCN(CCC)c1c(C)nc(-c2cccc(O)c2F)c2ccccc12. The molecule has 3 nitrogen and oxygen atoms in total. The van der Waals surface area contributed by atoms with Crippen molar-refractivity contribution in [2.45, 2.75) is 33.6 Å². The van der Waals surface area contributed by atoms with E-state index in [1.54, 1.807) is 12.1 Å². The molecule has 0 bridgehead atoms. The Hall–Kier alpha value is -2.62. The van der Waals surface area contributed by atoms with Gasteiger partial charge in [-0.2, -0.15) is 0 Å². The zero-order chi connectivity index (χ0) is 18.7. The second-order valence-corrected chi connectivity index (χ2v) is 6.57. The third-order valence-electron chi connectivity index (χ3n) is 4.60. The van der Waals surface area contributed by atoms with Gasteiger partial charge in [0, 0.05) is 29.4 Å². The molecular formula is C22H25FN2O. The summed E-state index contributed by atoms with van der Waals surface area (Å²) in [7, 11) is 0. The molecule has 26 heavy (non-hydrogen) atoms. The summed E-state index contributed by atoms with van der Waals surface area (Å²) >= 11 is 0. The fourth-order valence-corrected chi connectivity index (χ4v) is 3.55. The van der Waals surface area contributed by atoms with Gasteiger partial charge in [0.05, 0.1) is 17.1 Å². The molecule has 1 N–H and O–H groups in total. The minimum atomic E-state index is -0.628. The van der Waals surface area contributed by atoms with Gasteiger partial charge in [-0.25, -0.2) is 4.39 Å². The summed E-state index contributed by atoms with van der Waals surface area (Å²) in [6.07, 6.45) is 2.10. The molecule has 1 aromatic heterocycles. The smallest absolute Gasteiger partial charge is 0.174 e. The van der Waals surface area contributed by atoms with Gasteiger partial charge in [0.15, 0.2) is 11.6 Å². The maximum absolute atomic E-state index is 14.5. The molecule has 0 radical (unpaired) electrons. The normalized spacial score (nSPS) is 11.1. The van der Waals surface area contributed by atoms with Crippen LogP contribution in [-0.4, -0.2) is 23.2 Å². The Labute approximate surface area is 154 Å². The summed E-state index contributed by atoms with van der Waals surface area (Å²) in [6, 6.07) is 12.7.